The van der Waals surface area contributed by atoms with Crippen molar-refractivity contribution < 1.29 is 28.7 Å². The molecular formula is C26H17Br2ClN2O6. The highest BCUT2D eigenvalue weighted by Crippen LogP contribution is 2.36. The second-order valence-electron chi connectivity index (χ2n) is 7.73. The molecule has 0 aliphatic carbocycles. The van der Waals surface area contributed by atoms with Crippen molar-refractivity contribution in [3.8, 4) is 5.75 Å². The van der Waals surface area contributed by atoms with Crippen LogP contribution < -0.4 is 15.0 Å². The quantitative estimate of drug-likeness (QED) is 0.203. The van der Waals surface area contributed by atoms with Crippen LogP contribution in [0.5, 0.6) is 5.75 Å². The summed E-state index contributed by atoms with van der Waals surface area (Å²) in [5.41, 5.74) is 1.61. The first-order valence-electron chi connectivity index (χ1n) is 10.6. The van der Waals surface area contributed by atoms with Gasteiger partial charge < -0.3 is 9.47 Å². The van der Waals surface area contributed by atoms with Crippen LogP contribution in [0.25, 0.3) is 6.08 Å². The lowest BCUT2D eigenvalue weighted by atomic mass is 10.1. The number of urea groups is 1. The van der Waals surface area contributed by atoms with Crippen LogP contribution in [0, 0.1) is 0 Å². The Morgan fingerprint density at radius 3 is 2.22 bits per heavy atom. The molecule has 11 heteroatoms. The van der Waals surface area contributed by atoms with Crippen molar-refractivity contribution in [1.82, 2.24) is 5.32 Å². The molecule has 8 nitrogen and oxygen atoms in total. The monoisotopic (exact) mass is 646 g/mol. The molecule has 4 amide bonds. The molecule has 1 N–H and O–H groups in total. The number of halogens is 3. The molecule has 1 aliphatic rings. The zero-order valence-corrected chi connectivity index (χ0v) is 23.0. The van der Waals surface area contributed by atoms with Crippen LogP contribution in [0.1, 0.15) is 21.5 Å². The molecule has 1 heterocycles. The lowest BCUT2D eigenvalue weighted by molar-refractivity contribution is -0.122. The Bertz CT molecular complexity index is 1420. The molecule has 0 atom stereocenters. The minimum Gasteiger partial charge on any atom is -0.487 e. The lowest BCUT2D eigenvalue weighted by Crippen LogP contribution is -2.54. The topological polar surface area (TPSA) is 102 Å². The maximum atomic E-state index is 13.2. The molecule has 0 saturated carbocycles. The number of esters is 1. The van der Waals surface area contributed by atoms with Gasteiger partial charge in [0, 0.05) is 5.02 Å². The molecule has 1 aliphatic heterocycles. The molecule has 37 heavy (non-hydrogen) atoms. The minimum absolute atomic E-state index is 0.182. The number of nitrogens with zero attached hydrogens (tertiary/aromatic N) is 1. The maximum absolute atomic E-state index is 13.2. The average Bonchev–Trinajstić information content (AvgIpc) is 2.87. The summed E-state index contributed by atoms with van der Waals surface area (Å²) >= 11 is 12.9. The number of benzene rings is 3. The molecule has 3 aromatic rings. The number of carbonyl (C=O) groups is 4. The summed E-state index contributed by atoms with van der Waals surface area (Å²) in [5.74, 6) is -1.67. The number of barbiturate groups is 1. The standard InChI is InChI=1S/C26H17Br2ClN2O6/c1-36-25(34)16-4-8-18(9-5-16)31-24(33)19(23(32)30-26(31)35)10-15-11-20(27)22(21(28)12-15)37-13-14-2-6-17(29)7-3-14/h2-12H,13H2,1H3,(H,30,32,35)/b19-10+. The van der Waals surface area contributed by atoms with Gasteiger partial charge in [0.25, 0.3) is 11.8 Å². The summed E-state index contributed by atoms with van der Waals surface area (Å²) in [4.78, 5) is 50.7. The van der Waals surface area contributed by atoms with Gasteiger partial charge in [0.2, 0.25) is 0 Å². The first kappa shape index (κ1) is 26.6. The third-order valence-corrected chi connectivity index (χ3v) is 6.71. The zero-order chi connectivity index (χ0) is 26.7. The summed E-state index contributed by atoms with van der Waals surface area (Å²) in [5, 5.41) is 2.80. The summed E-state index contributed by atoms with van der Waals surface area (Å²) in [6.07, 6.45) is 1.37. The molecular weight excluding hydrogens is 632 g/mol. The lowest BCUT2D eigenvalue weighted by Gasteiger charge is -2.26. The number of hydrogen-bond acceptors (Lipinski definition) is 6. The van der Waals surface area contributed by atoms with Crippen LogP contribution in [0.3, 0.4) is 0 Å². The number of ether oxygens (including phenoxy) is 2. The number of methoxy groups -OCH3 is 1. The van der Waals surface area contributed by atoms with Crippen LogP contribution in [-0.4, -0.2) is 30.9 Å². The molecule has 0 bridgehead atoms. The highest BCUT2D eigenvalue weighted by Gasteiger charge is 2.37. The van der Waals surface area contributed by atoms with E-state index in [1.807, 2.05) is 12.1 Å². The van der Waals surface area contributed by atoms with Crippen molar-refractivity contribution in [2.75, 3.05) is 12.0 Å². The van der Waals surface area contributed by atoms with Crippen molar-refractivity contribution in [2.24, 2.45) is 0 Å². The Balaban J connectivity index is 1.58. The summed E-state index contributed by atoms with van der Waals surface area (Å²) in [7, 11) is 1.25. The van der Waals surface area contributed by atoms with E-state index in [-0.39, 0.29) is 16.8 Å². The second-order valence-corrected chi connectivity index (χ2v) is 9.87. The number of anilines is 1. The van der Waals surface area contributed by atoms with E-state index >= 15 is 0 Å². The minimum atomic E-state index is -0.897. The van der Waals surface area contributed by atoms with Gasteiger partial charge in [0.1, 0.15) is 17.9 Å². The van der Waals surface area contributed by atoms with Crippen molar-refractivity contribution >= 4 is 79.0 Å². The fraction of sp³-hybridized carbons (Fsp3) is 0.0769. The Kier molecular flexibility index (Phi) is 8.11. The van der Waals surface area contributed by atoms with Crippen LogP contribution in [0.2, 0.25) is 5.02 Å². The predicted octanol–water partition coefficient (Wildman–Crippen LogP) is 5.90. The van der Waals surface area contributed by atoms with Crippen molar-refractivity contribution in [3.63, 3.8) is 0 Å². The Labute approximate surface area is 233 Å². The highest BCUT2D eigenvalue weighted by molar-refractivity contribution is 9.11. The molecule has 3 aromatic carbocycles. The third kappa shape index (κ3) is 5.93. The van der Waals surface area contributed by atoms with E-state index in [4.69, 9.17) is 16.3 Å². The van der Waals surface area contributed by atoms with Gasteiger partial charge in [-0.05, 0) is 97.6 Å². The smallest absolute Gasteiger partial charge is 0.337 e. The summed E-state index contributed by atoms with van der Waals surface area (Å²) < 4.78 is 11.7. The van der Waals surface area contributed by atoms with Gasteiger partial charge in [-0.2, -0.15) is 0 Å². The largest absolute Gasteiger partial charge is 0.487 e. The number of nitrogens with one attached hydrogen (secondary N) is 1. The van der Waals surface area contributed by atoms with Gasteiger partial charge >= 0.3 is 12.0 Å². The van der Waals surface area contributed by atoms with E-state index in [0.29, 0.717) is 31.9 Å². The molecule has 0 spiro atoms. The maximum Gasteiger partial charge on any atom is 0.337 e. The van der Waals surface area contributed by atoms with Crippen LogP contribution >= 0.6 is 43.5 Å². The average molecular weight is 649 g/mol. The number of hydrogen-bond donors (Lipinski definition) is 1. The van der Waals surface area contributed by atoms with Crippen molar-refractivity contribution in [1.29, 1.82) is 0 Å². The van der Waals surface area contributed by atoms with E-state index in [2.05, 4.69) is 41.9 Å². The SMILES string of the molecule is COC(=O)c1ccc(N2C(=O)NC(=O)/C(=C\c3cc(Br)c(OCc4ccc(Cl)cc4)c(Br)c3)C2=O)cc1. The van der Waals surface area contributed by atoms with Crippen LogP contribution in [0.4, 0.5) is 10.5 Å². The third-order valence-electron chi connectivity index (χ3n) is 5.28. The number of amides is 4. The van der Waals surface area contributed by atoms with E-state index in [9.17, 15) is 19.2 Å². The summed E-state index contributed by atoms with van der Waals surface area (Å²) in [6, 6.07) is 15.4. The van der Waals surface area contributed by atoms with Gasteiger partial charge in [0.15, 0.2) is 0 Å². The molecule has 1 fully saturated rings. The van der Waals surface area contributed by atoms with Crippen LogP contribution in [0.15, 0.2) is 75.2 Å². The van der Waals surface area contributed by atoms with Gasteiger partial charge in [-0.1, -0.05) is 23.7 Å². The molecule has 1 saturated heterocycles. The van der Waals surface area contributed by atoms with E-state index in [0.717, 1.165) is 10.5 Å². The van der Waals surface area contributed by atoms with Crippen LogP contribution in [-0.2, 0) is 20.9 Å². The predicted molar refractivity (Wildman–Crippen MR) is 144 cm³/mol. The van der Waals surface area contributed by atoms with Crippen molar-refractivity contribution in [2.45, 2.75) is 6.61 Å². The van der Waals surface area contributed by atoms with Crippen molar-refractivity contribution in [3.05, 3.63) is 96.9 Å². The molecule has 0 radical (unpaired) electrons. The molecule has 4 rings (SSSR count). The normalized spacial score (nSPS) is 14.5. The first-order valence-corrected chi connectivity index (χ1v) is 12.6. The number of imide groups is 2. The Morgan fingerprint density at radius 1 is 1.00 bits per heavy atom. The second kappa shape index (κ2) is 11.3. The van der Waals surface area contributed by atoms with E-state index in [1.165, 1.54) is 37.5 Å². The fourth-order valence-corrected chi connectivity index (χ4v) is 5.04. The number of carbonyl (C=O) groups excluding carboxylic acids is 4. The summed E-state index contributed by atoms with van der Waals surface area (Å²) in [6.45, 7) is 0.293. The highest BCUT2D eigenvalue weighted by atomic mass is 79.9. The Hall–Kier alpha value is -3.47. The fourth-order valence-electron chi connectivity index (χ4n) is 3.46. The first-order chi connectivity index (χ1) is 17.7. The molecule has 0 unspecified atom stereocenters. The van der Waals surface area contributed by atoms with Gasteiger partial charge in [-0.15, -0.1) is 0 Å². The zero-order valence-electron chi connectivity index (χ0n) is 19.1. The molecule has 188 valence electrons. The number of rotatable bonds is 6. The Morgan fingerprint density at radius 2 is 1.62 bits per heavy atom. The van der Waals surface area contributed by atoms with E-state index in [1.54, 1.807) is 24.3 Å². The van der Waals surface area contributed by atoms with Gasteiger partial charge in [-0.3, -0.25) is 14.9 Å². The van der Waals surface area contributed by atoms with Gasteiger partial charge in [0.05, 0.1) is 27.3 Å². The van der Waals surface area contributed by atoms with Gasteiger partial charge in [-0.25, -0.2) is 14.5 Å². The van der Waals surface area contributed by atoms with E-state index < -0.39 is 23.8 Å². The molecule has 0 aromatic heterocycles.